The molecule has 0 bridgehead atoms. The van der Waals surface area contributed by atoms with Gasteiger partial charge in [-0.3, -0.25) is 14.5 Å². The number of fused-ring (bicyclic) bond motifs is 1. The zero-order valence-corrected chi connectivity index (χ0v) is 21.5. The van der Waals surface area contributed by atoms with Gasteiger partial charge in [0.1, 0.15) is 17.7 Å². The predicted molar refractivity (Wildman–Crippen MR) is 135 cm³/mol. The van der Waals surface area contributed by atoms with Crippen molar-refractivity contribution >= 4 is 17.9 Å². The Kier molecular flexibility index (Phi) is 8.20. The number of ether oxygens (including phenoxy) is 1. The first-order valence-corrected chi connectivity index (χ1v) is 12.2. The minimum atomic E-state index is -0.777. The maximum atomic E-state index is 13.5. The largest absolute Gasteiger partial charge is 0.444 e. The number of hydrogen-bond acceptors (Lipinski definition) is 4. The Bertz CT molecular complexity index is 1050. The van der Waals surface area contributed by atoms with Crippen LogP contribution in [0.5, 0.6) is 0 Å². The summed E-state index contributed by atoms with van der Waals surface area (Å²) < 4.78 is 5.60. The van der Waals surface area contributed by atoms with E-state index in [1.807, 2.05) is 75.4 Å². The molecular weight excluding hydrogens is 442 g/mol. The monoisotopic (exact) mass is 479 g/mol. The van der Waals surface area contributed by atoms with Gasteiger partial charge < -0.3 is 15.4 Å². The SMILES string of the molecule is CC(C)[C@H](NC(=O)[C@@H]1Cc2ccccc2CN1C(=O)OC(C)(C)C)C(=O)N[C@H](C)c1ccccc1. The molecule has 3 rings (SSSR count). The van der Waals surface area contributed by atoms with E-state index in [9.17, 15) is 14.4 Å². The molecule has 2 aromatic rings. The second-order valence-electron chi connectivity index (χ2n) is 10.5. The smallest absolute Gasteiger partial charge is 0.411 e. The molecule has 3 atom stereocenters. The van der Waals surface area contributed by atoms with Crippen molar-refractivity contribution in [1.29, 1.82) is 0 Å². The molecule has 7 heteroatoms. The number of amides is 3. The van der Waals surface area contributed by atoms with Crippen molar-refractivity contribution in [3.63, 3.8) is 0 Å². The Morgan fingerprint density at radius 2 is 1.51 bits per heavy atom. The molecule has 0 radical (unpaired) electrons. The molecule has 2 aromatic carbocycles. The van der Waals surface area contributed by atoms with Gasteiger partial charge in [-0.1, -0.05) is 68.4 Å². The minimum absolute atomic E-state index is 0.146. The normalized spacial score (nSPS) is 17.2. The number of nitrogens with one attached hydrogen (secondary N) is 2. The maximum Gasteiger partial charge on any atom is 0.411 e. The summed E-state index contributed by atoms with van der Waals surface area (Å²) in [5.74, 6) is -0.774. The van der Waals surface area contributed by atoms with E-state index in [1.54, 1.807) is 20.8 Å². The van der Waals surface area contributed by atoms with Crippen molar-refractivity contribution in [2.75, 3.05) is 0 Å². The number of benzene rings is 2. The van der Waals surface area contributed by atoms with E-state index in [0.29, 0.717) is 6.42 Å². The number of carbonyl (C=O) groups excluding carboxylic acids is 3. The lowest BCUT2D eigenvalue weighted by Gasteiger charge is -2.37. The standard InChI is InChI=1S/C28H37N3O4/c1-18(2)24(26(33)29-19(3)20-12-8-7-9-13-20)30-25(32)23-16-21-14-10-11-15-22(21)17-31(23)27(34)35-28(4,5)6/h7-15,18-19,23-24H,16-17H2,1-6H3,(H,29,33)(H,30,32)/t19-,23+,24+/m1/s1. The lowest BCUT2D eigenvalue weighted by atomic mass is 9.93. The van der Waals surface area contributed by atoms with Crippen molar-refractivity contribution in [1.82, 2.24) is 15.5 Å². The average Bonchev–Trinajstić information content (AvgIpc) is 2.80. The lowest BCUT2D eigenvalue weighted by molar-refractivity contribution is -0.133. The second kappa shape index (κ2) is 10.9. The molecule has 0 saturated heterocycles. The number of rotatable bonds is 6. The molecule has 1 aliphatic heterocycles. The third-order valence-corrected chi connectivity index (χ3v) is 6.08. The molecule has 0 spiro atoms. The fourth-order valence-electron chi connectivity index (χ4n) is 4.18. The first-order chi connectivity index (χ1) is 16.5. The summed E-state index contributed by atoms with van der Waals surface area (Å²) in [4.78, 5) is 41.2. The first kappa shape index (κ1) is 26.3. The van der Waals surface area contributed by atoms with Crippen LogP contribution in [0.1, 0.15) is 64.3 Å². The van der Waals surface area contributed by atoms with Crippen molar-refractivity contribution in [3.05, 3.63) is 71.3 Å². The fraction of sp³-hybridized carbons (Fsp3) is 0.464. The minimum Gasteiger partial charge on any atom is -0.444 e. The first-order valence-electron chi connectivity index (χ1n) is 12.2. The summed E-state index contributed by atoms with van der Waals surface area (Å²) >= 11 is 0. The van der Waals surface area contributed by atoms with Gasteiger partial charge in [-0.15, -0.1) is 0 Å². The van der Waals surface area contributed by atoms with Crippen molar-refractivity contribution in [2.24, 2.45) is 5.92 Å². The van der Waals surface area contributed by atoms with Gasteiger partial charge in [-0.05, 0) is 50.3 Å². The Morgan fingerprint density at radius 1 is 0.914 bits per heavy atom. The van der Waals surface area contributed by atoms with E-state index in [0.717, 1.165) is 16.7 Å². The third kappa shape index (κ3) is 6.84. The highest BCUT2D eigenvalue weighted by atomic mass is 16.6. The van der Waals surface area contributed by atoms with Gasteiger partial charge >= 0.3 is 6.09 Å². The molecule has 2 N–H and O–H groups in total. The highest BCUT2D eigenvalue weighted by molar-refractivity contribution is 5.92. The summed E-state index contributed by atoms with van der Waals surface area (Å²) in [5, 5.41) is 5.93. The Balaban J connectivity index is 1.79. The molecule has 7 nitrogen and oxygen atoms in total. The van der Waals surface area contributed by atoms with Crippen LogP contribution in [-0.2, 0) is 27.3 Å². The molecule has 1 heterocycles. The van der Waals surface area contributed by atoms with Gasteiger partial charge in [0.15, 0.2) is 0 Å². The van der Waals surface area contributed by atoms with E-state index < -0.39 is 23.8 Å². The summed E-state index contributed by atoms with van der Waals surface area (Å²) in [7, 11) is 0. The fourth-order valence-corrected chi connectivity index (χ4v) is 4.18. The summed E-state index contributed by atoms with van der Waals surface area (Å²) in [6, 6.07) is 15.7. The predicted octanol–water partition coefficient (Wildman–Crippen LogP) is 4.37. The van der Waals surface area contributed by atoms with Gasteiger partial charge in [-0.25, -0.2) is 4.79 Å². The molecule has 35 heavy (non-hydrogen) atoms. The molecule has 1 aliphatic rings. The van der Waals surface area contributed by atoms with Gasteiger partial charge in [0.2, 0.25) is 11.8 Å². The Hall–Kier alpha value is -3.35. The highest BCUT2D eigenvalue weighted by Crippen LogP contribution is 2.26. The van der Waals surface area contributed by atoms with Crippen LogP contribution >= 0.6 is 0 Å². The van der Waals surface area contributed by atoms with Crippen LogP contribution in [0.25, 0.3) is 0 Å². The quantitative estimate of drug-likeness (QED) is 0.644. The molecule has 0 aromatic heterocycles. The molecule has 0 aliphatic carbocycles. The van der Waals surface area contributed by atoms with Gasteiger partial charge in [0, 0.05) is 6.42 Å². The molecule has 188 valence electrons. The van der Waals surface area contributed by atoms with E-state index >= 15 is 0 Å². The van der Waals surface area contributed by atoms with Crippen LogP contribution in [0.2, 0.25) is 0 Å². The zero-order valence-electron chi connectivity index (χ0n) is 21.5. The molecule has 3 amide bonds. The van der Waals surface area contributed by atoms with Crippen LogP contribution < -0.4 is 10.6 Å². The average molecular weight is 480 g/mol. The van der Waals surface area contributed by atoms with Crippen molar-refractivity contribution < 1.29 is 19.1 Å². The summed E-state index contributed by atoms with van der Waals surface area (Å²) in [6.45, 7) is 11.3. The van der Waals surface area contributed by atoms with Crippen LogP contribution in [0.3, 0.4) is 0 Å². The maximum absolute atomic E-state index is 13.5. The van der Waals surface area contributed by atoms with Crippen LogP contribution in [0.4, 0.5) is 4.79 Å². The van der Waals surface area contributed by atoms with Crippen molar-refractivity contribution in [3.8, 4) is 0 Å². The lowest BCUT2D eigenvalue weighted by Crippen LogP contribution is -2.58. The topological polar surface area (TPSA) is 87.7 Å². The zero-order chi connectivity index (χ0) is 25.8. The number of hydrogen-bond donors (Lipinski definition) is 2. The van der Waals surface area contributed by atoms with E-state index in [2.05, 4.69) is 10.6 Å². The van der Waals surface area contributed by atoms with E-state index in [-0.39, 0.29) is 30.3 Å². The Morgan fingerprint density at radius 3 is 2.11 bits per heavy atom. The third-order valence-electron chi connectivity index (χ3n) is 6.08. The number of carbonyl (C=O) groups is 3. The molecule has 0 fully saturated rings. The molecule has 0 saturated carbocycles. The van der Waals surface area contributed by atoms with E-state index in [1.165, 1.54) is 4.90 Å². The van der Waals surface area contributed by atoms with Crippen LogP contribution in [0.15, 0.2) is 54.6 Å². The Labute approximate surface area is 208 Å². The van der Waals surface area contributed by atoms with Gasteiger partial charge in [0.25, 0.3) is 0 Å². The number of nitrogens with zero attached hydrogens (tertiary/aromatic N) is 1. The highest BCUT2D eigenvalue weighted by Gasteiger charge is 2.38. The van der Waals surface area contributed by atoms with Gasteiger partial charge in [-0.2, -0.15) is 0 Å². The second-order valence-corrected chi connectivity index (χ2v) is 10.5. The van der Waals surface area contributed by atoms with Crippen LogP contribution in [0, 0.1) is 5.92 Å². The van der Waals surface area contributed by atoms with E-state index in [4.69, 9.17) is 4.74 Å². The molecular formula is C28H37N3O4. The summed E-state index contributed by atoms with van der Waals surface area (Å²) in [5.41, 5.74) is 2.28. The van der Waals surface area contributed by atoms with Crippen LogP contribution in [-0.4, -0.2) is 40.5 Å². The van der Waals surface area contributed by atoms with Crippen molar-refractivity contribution in [2.45, 2.75) is 78.2 Å². The summed E-state index contributed by atoms with van der Waals surface area (Å²) in [6.07, 6.45) is -0.191. The molecule has 0 unspecified atom stereocenters. The van der Waals surface area contributed by atoms with Gasteiger partial charge in [0.05, 0.1) is 12.6 Å².